The number of phenols is 1. The Morgan fingerprint density at radius 3 is 2.58 bits per heavy atom. The van der Waals surface area contributed by atoms with Crippen LogP contribution in [0.15, 0.2) is 59.7 Å². The highest BCUT2D eigenvalue weighted by Gasteiger charge is 2.19. The summed E-state index contributed by atoms with van der Waals surface area (Å²) < 4.78 is 0. The number of benzene rings is 2. The summed E-state index contributed by atoms with van der Waals surface area (Å²) in [6.45, 7) is 6.21. The van der Waals surface area contributed by atoms with Crippen molar-refractivity contribution in [2.75, 3.05) is 5.43 Å². The molecule has 0 aliphatic rings. The van der Waals surface area contributed by atoms with Gasteiger partial charge in [-0.3, -0.25) is 5.43 Å². The second-order valence-corrected chi connectivity index (χ2v) is 6.75. The molecule has 0 saturated heterocycles. The van der Waals surface area contributed by atoms with Gasteiger partial charge in [0.1, 0.15) is 11.6 Å². The fourth-order valence-corrected chi connectivity index (χ4v) is 2.57. The summed E-state index contributed by atoms with van der Waals surface area (Å²) in [5.74, 6) is 0.929. The van der Waals surface area contributed by atoms with Crippen molar-refractivity contribution < 1.29 is 5.11 Å². The predicted molar refractivity (Wildman–Crippen MR) is 99.8 cm³/mol. The van der Waals surface area contributed by atoms with Gasteiger partial charge in [0, 0.05) is 10.9 Å². The topological polar surface area (TPSA) is 57.5 Å². The summed E-state index contributed by atoms with van der Waals surface area (Å²) in [4.78, 5) is 4.50. The van der Waals surface area contributed by atoms with Crippen LogP contribution in [0.4, 0.5) is 5.82 Å². The van der Waals surface area contributed by atoms with Crippen molar-refractivity contribution in [3.05, 3.63) is 65.7 Å². The molecule has 1 heterocycles. The van der Waals surface area contributed by atoms with Crippen molar-refractivity contribution in [3.8, 4) is 5.75 Å². The van der Waals surface area contributed by atoms with Crippen molar-refractivity contribution in [2.45, 2.75) is 26.2 Å². The highest BCUT2D eigenvalue weighted by Crippen LogP contribution is 2.32. The average Bonchev–Trinajstić information content (AvgIpc) is 2.55. The normalized spacial score (nSPS) is 12.0. The van der Waals surface area contributed by atoms with Gasteiger partial charge in [0.15, 0.2) is 0 Å². The first-order valence-corrected chi connectivity index (χ1v) is 7.92. The summed E-state index contributed by atoms with van der Waals surface area (Å²) in [6, 6.07) is 17.5. The van der Waals surface area contributed by atoms with Gasteiger partial charge in [-0.05, 0) is 35.2 Å². The molecule has 0 unspecified atom stereocenters. The molecule has 3 aromatic rings. The van der Waals surface area contributed by atoms with Crippen LogP contribution in [0.3, 0.4) is 0 Å². The Morgan fingerprint density at radius 1 is 1.00 bits per heavy atom. The number of hydrogen-bond acceptors (Lipinski definition) is 4. The van der Waals surface area contributed by atoms with E-state index in [1.807, 2.05) is 54.6 Å². The number of fused-ring (bicyclic) bond motifs is 1. The lowest BCUT2D eigenvalue weighted by atomic mass is 9.85. The van der Waals surface area contributed by atoms with Crippen LogP contribution in [0, 0.1) is 0 Å². The van der Waals surface area contributed by atoms with Gasteiger partial charge in [-0.1, -0.05) is 51.1 Å². The van der Waals surface area contributed by atoms with Crippen LogP contribution in [0.1, 0.15) is 31.9 Å². The molecule has 0 spiro atoms. The van der Waals surface area contributed by atoms with Gasteiger partial charge < -0.3 is 5.11 Å². The molecule has 2 aromatic carbocycles. The molecule has 4 nitrogen and oxygen atoms in total. The fourth-order valence-electron chi connectivity index (χ4n) is 2.57. The lowest BCUT2D eigenvalue weighted by molar-refractivity contribution is 0.446. The van der Waals surface area contributed by atoms with E-state index in [1.165, 1.54) is 0 Å². The van der Waals surface area contributed by atoms with Crippen molar-refractivity contribution >= 4 is 22.9 Å². The first kappa shape index (κ1) is 16.0. The quantitative estimate of drug-likeness (QED) is 0.544. The number of aromatic hydroxyl groups is 1. The molecule has 0 saturated carbocycles. The lowest BCUT2D eigenvalue weighted by Gasteiger charge is -2.21. The second kappa shape index (κ2) is 6.32. The van der Waals surface area contributed by atoms with E-state index >= 15 is 0 Å². The zero-order valence-electron chi connectivity index (χ0n) is 14.1. The largest absolute Gasteiger partial charge is 0.507 e. The molecule has 3 rings (SSSR count). The van der Waals surface area contributed by atoms with Crippen LogP contribution in [-0.4, -0.2) is 16.3 Å². The third-order valence-corrected chi connectivity index (χ3v) is 3.86. The SMILES string of the molecule is CC(C)(C)c1cccc(/C=N/Nc2ccc3ccccc3n2)c1O. The van der Waals surface area contributed by atoms with Crippen LogP contribution in [0.5, 0.6) is 5.75 Å². The molecule has 2 N–H and O–H groups in total. The lowest BCUT2D eigenvalue weighted by Crippen LogP contribution is -2.11. The molecule has 4 heteroatoms. The number of para-hydroxylation sites is 2. The van der Waals surface area contributed by atoms with Crippen LogP contribution in [0.2, 0.25) is 0 Å². The first-order chi connectivity index (χ1) is 11.4. The standard InChI is InChI=1S/C20H21N3O/c1-20(2,3)16-9-6-8-15(19(16)24)13-21-23-18-12-11-14-7-4-5-10-17(14)22-18/h4-13,24H,1-3H3,(H,22,23)/b21-13+. The Kier molecular flexibility index (Phi) is 4.21. The molecular formula is C20H21N3O. The zero-order chi connectivity index (χ0) is 17.2. The molecule has 122 valence electrons. The summed E-state index contributed by atoms with van der Waals surface area (Å²) >= 11 is 0. The number of hydrazone groups is 1. The molecule has 0 fully saturated rings. The van der Waals surface area contributed by atoms with E-state index in [4.69, 9.17) is 0 Å². The molecular weight excluding hydrogens is 298 g/mol. The monoisotopic (exact) mass is 319 g/mol. The van der Waals surface area contributed by atoms with Crippen molar-refractivity contribution in [1.29, 1.82) is 0 Å². The van der Waals surface area contributed by atoms with Crippen LogP contribution in [0.25, 0.3) is 10.9 Å². The van der Waals surface area contributed by atoms with Crippen LogP contribution < -0.4 is 5.43 Å². The number of nitrogens with one attached hydrogen (secondary N) is 1. The Bertz CT molecular complexity index is 895. The van der Waals surface area contributed by atoms with Gasteiger partial charge in [0.2, 0.25) is 0 Å². The van der Waals surface area contributed by atoms with Crippen molar-refractivity contribution in [3.63, 3.8) is 0 Å². The molecule has 0 radical (unpaired) electrons. The van der Waals surface area contributed by atoms with Crippen molar-refractivity contribution in [2.24, 2.45) is 5.10 Å². The maximum Gasteiger partial charge on any atom is 0.146 e. The predicted octanol–water partition coefficient (Wildman–Crippen LogP) is 4.68. The molecule has 0 aliphatic heterocycles. The Labute approximate surface area is 141 Å². The minimum absolute atomic E-state index is 0.124. The number of pyridine rings is 1. The average molecular weight is 319 g/mol. The highest BCUT2D eigenvalue weighted by atomic mass is 16.3. The third-order valence-electron chi connectivity index (χ3n) is 3.86. The van der Waals surface area contributed by atoms with E-state index in [-0.39, 0.29) is 11.2 Å². The molecule has 0 bridgehead atoms. The molecule has 0 amide bonds. The van der Waals surface area contributed by atoms with Gasteiger partial charge in [-0.25, -0.2) is 4.98 Å². The second-order valence-electron chi connectivity index (χ2n) is 6.75. The number of anilines is 1. The van der Waals surface area contributed by atoms with E-state index in [2.05, 4.69) is 36.3 Å². The number of hydrogen-bond donors (Lipinski definition) is 2. The first-order valence-electron chi connectivity index (χ1n) is 7.92. The maximum absolute atomic E-state index is 10.4. The minimum Gasteiger partial charge on any atom is -0.507 e. The van der Waals surface area contributed by atoms with Gasteiger partial charge >= 0.3 is 0 Å². The zero-order valence-corrected chi connectivity index (χ0v) is 14.1. The van der Waals surface area contributed by atoms with Gasteiger partial charge in [-0.15, -0.1) is 0 Å². The Morgan fingerprint density at radius 2 is 1.79 bits per heavy atom. The Balaban J connectivity index is 1.81. The van der Waals surface area contributed by atoms with E-state index in [0.29, 0.717) is 11.4 Å². The number of aromatic nitrogens is 1. The van der Waals surface area contributed by atoms with E-state index in [9.17, 15) is 5.11 Å². The third kappa shape index (κ3) is 3.38. The summed E-state index contributed by atoms with van der Waals surface area (Å²) in [5, 5.41) is 15.7. The number of nitrogens with zero attached hydrogens (tertiary/aromatic N) is 2. The van der Waals surface area contributed by atoms with Gasteiger partial charge in [0.05, 0.1) is 11.7 Å². The summed E-state index contributed by atoms with van der Waals surface area (Å²) in [6.07, 6.45) is 1.61. The fraction of sp³-hybridized carbons (Fsp3) is 0.200. The van der Waals surface area contributed by atoms with Crippen LogP contribution in [-0.2, 0) is 5.41 Å². The highest BCUT2D eigenvalue weighted by molar-refractivity contribution is 5.85. The minimum atomic E-state index is -0.124. The molecule has 0 aliphatic carbocycles. The molecule has 0 atom stereocenters. The number of phenolic OH excluding ortho intramolecular Hbond substituents is 1. The van der Waals surface area contributed by atoms with Crippen LogP contribution >= 0.6 is 0 Å². The smallest absolute Gasteiger partial charge is 0.146 e. The summed E-state index contributed by atoms with van der Waals surface area (Å²) in [5.41, 5.74) is 5.28. The van der Waals surface area contributed by atoms with Gasteiger partial charge in [0.25, 0.3) is 0 Å². The van der Waals surface area contributed by atoms with Crippen molar-refractivity contribution in [1.82, 2.24) is 4.98 Å². The molecule has 1 aromatic heterocycles. The molecule has 24 heavy (non-hydrogen) atoms. The number of rotatable bonds is 3. The van der Waals surface area contributed by atoms with Gasteiger partial charge in [-0.2, -0.15) is 5.10 Å². The van der Waals surface area contributed by atoms with E-state index < -0.39 is 0 Å². The van der Waals surface area contributed by atoms with E-state index in [1.54, 1.807) is 6.21 Å². The Hall–Kier alpha value is -2.88. The summed E-state index contributed by atoms with van der Waals surface area (Å²) in [7, 11) is 0. The maximum atomic E-state index is 10.4. The van der Waals surface area contributed by atoms with E-state index in [0.717, 1.165) is 16.5 Å².